The van der Waals surface area contributed by atoms with Crippen LogP contribution >= 0.6 is 0 Å². The zero-order valence-corrected chi connectivity index (χ0v) is 14.8. The lowest BCUT2D eigenvalue weighted by Gasteiger charge is -2.39. The molecule has 0 unspecified atom stereocenters. The summed E-state index contributed by atoms with van der Waals surface area (Å²) < 4.78 is 0. The maximum Gasteiger partial charge on any atom is 0.0476 e. The van der Waals surface area contributed by atoms with Crippen molar-refractivity contribution >= 4 is 5.69 Å². The molecule has 1 aromatic rings. The van der Waals surface area contributed by atoms with E-state index in [0.29, 0.717) is 5.41 Å². The molecule has 0 radical (unpaired) electrons. The fourth-order valence-electron chi connectivity index (χ4n) is 3.96. The standard InChI is InChI=1S/C21H31N/c1-16(2)7-5-8-17-11-12-18-9-6-10-19-20(18)22(15-17)14-13-21(19,3)4/h6,9-10,15-16H,5,7-8,11-14H2,1-4H3. The van der Waals surface area contributed by atoms with E-state index in [4.69, 9.17) is 0 Å². The Hall–Kier alpha value is -1.24. The molecular weight excluding hydrogens is 266 g/mol. The summed E-state index contributed by atoms with van der Waals surface area (Å²) >= 11 is 0. The Kier molecular flexibility index (Phi) is 4.34. The Labute approximate surface area is 136 Å². The van der Waals surface area contributed by atoms with E-state index in [0.717, 1.165) is 5.92 Å². The van der Waals surface area contributed by atoms with Crippen LogP contribution in [0.25, 0.3) is 0 Å². The first-order chi connectivity index (χ1) is 10.5. The molecule has 1 nitrogen and oxygen atoms in total. The topological polar surface area (TPSA) is 3.24 Å². The number of aryl methyl sites for hydroxylation is 1. The van der Waals surface area contributed by atoms with Gasteiger partial charge in [-0.05, 0) is 54.6 Å². The molecule has 0 aromatic heterocycles. The highest BCUT2D eigenvalue weighted by Crippen LogP contribution is 2.43. The van der Waals surface area contributed by atoms with Crippen molar-refractivity contribution in [1.29, 1.82) is 0 Å². The fourth-order valence-corrected chi connectivity index (χ4v) is 3.96. The first kappa shape index (κ1) is 15.6. The molecule has 3 rings (SSSR count). The van der Waals surface area contributed by atoms with Crippen LogP contribution in [0.2, 0.25) is 0 Å². The van der Waals surface area contributed by atoms with Gasteiger partial charge in [-0.15, -0.1) is 0 Å². The molecule has 0 spiro atoms. The van der Waals surface area contributed by atoms with Crippen LogP contribution in [0.3, 0.4) is 0 Å². The van der Waals surface area contributed by atoms with Gasteiger partial charge in [0.1, 0.15) is 0 Å². The Morgan fingerprint density at radius 1 is 1.18 bits per heavy atom. The zero-order valence-electron chi connectivity index (χ0n) is 14.8. The van der Waals surface area contributed by atoms with Crippen LogP contribution in [0.1, 0.15) is 70.9 Å². The van der Waals surface area contributed by atoms with Gasteiger partial charge in [0.05, 0.1) is 0 Å². The maximum absolute atomic E-state index is 2.56. The molecular formula is C21H31N. The summed E-state index contributed by atoms with van der Waals surface area (Å²) in [6, 6.07) is 6.96. The van der Waals surface area contributed by atoms with Gasteiger partial charge in [-0.25, -0.2) is 0 Å². The van der Waals surface area contributed by atoms with Crippen molar-refractivity contribution in [1.82, 2.24) is 0 Å². The number of anilines is 1. The number of benzene rings is 1. The lowest BCUT2D eigenvalue weighted by atomic mass is 9.76. The molecule has 2 aliphatic rings. The van der Waals surface area contributed by atoms with Crippen LogP contribution in [-0.4, -0.2) is 6.54 Å². The average molecular weight is 297 g/mol. The number of rotatable bonds is 4. The van der Waals surface area contributed by atoms with Crippen molar-refractivity contribution in [2.24, 2.45) is 5.92 Å². The average Bonchev–Trinajstić information content (AvgIpc) is 2.64. The van der Waals surface area contributed by atoms with E-state index in [1.165, 1.54) is 50.8 Å². The lowest BCUT2D eigenvalue weighted by molar-refractivity contribution is 0.465. The molecule has 1 aromatic carbocycles. The molecule has 0 aliphatic carbocycles. The van der Waals surface area contributed by atoms with E-state index in [-0.39, 0.29) is 0 Å². The third kappa shape index (κ3) is 3.09. The van der Waals surface area contributed by atoms with E-state index in [9.17, 15) is 0 Å². The van der Waals surface area contributed by atoms with Gasteiger partial charge in [0, 0.05) is 18.4 Å². The minimum Gasteiger partial charge on any atom is -0.348 e. The van der Waals surface area contributed by atoms with Crippen LogP contribution in [0.15, 0.2) is 30.0 Å². The first-order valence-corrected chi connectivity index (χ1v) is 9.06. The number of hydrogen-bond acceptors (Lipinski definition) is 1. The Balaban J connectivity index is 1.85. The van der Waals surface area contributed by atoms with Gasteiger partial charge in [0.15, 0.2) is 0 Å². The van der Waals surface area contributed by atoms with Gasteiger partial charge in [0.2, 0.25) is 0 Å². The number of para-hydroxylation sites is 1. The number of allylic oxidation sites excluding steroid dienone is 1. The Morgan fingerprint density at radius 2 is 2.00 bits per heavy atom. The van der Waals surface area contributed by atoms with E-state index in [1.807, 2.05) is 0 Å². The number of hydrogen-bond donors (Lipinski definition) is 0. The Bertz CT molecular complexity index is 565. The van der Waals surface area contributed by atoms with E-state index >= 15 is 0 Å². The molecule has 22 heavy (non-hydrogen) atoms. The van der Waals surface area contributed by atoms with Crippen LogP contribution in [0.5, 0.6) is 0 Å². The van der Waals surface area contributed by atoms with Crippen LogP contribution < -0.4 is 4.90 Å². The first-order valence-electron chi connectivity index (χ1n) is 9.06. The molecule has 120 valence electrons. The largest absolute Gasteiger partial charge is 0.348 e. The van der Waals surface area contributed by atoms with Crippen LogP contribution in [-0.2, 0) is 11.8 Å². The van der Waals surface area contributed by atoms with Crippen LogP contribution in [0.4, 0.5) is 5.69 Å². The third-order valence-electron chi connectivity index (χ3n) is 5.45. The number of nitrogens with zero attached hydrogens (tertiary/aromatic N) is 1. The van der Waals surface area contributed by atoms with E-state index in [1.54, 1.807) is 16.7 Å². The normalized spacial score (nSPS) is 19.7. The lowest BCUT2D eigenvalue weighted by Crippen LogP contribution is -2.34. The molecule has 2 heterocycles. The molecule has 1 heteroatoms. The summed E-state index contributed by atoms with van der Waals surface area (Å²) in [6.45, 7) is 10.6. The predicted octanol–water partition coefficient (Wildman–Crippen LogP) is 5.83. The highest BCUT2D eigenvalue weighted by Gasteiger charge is 2.32. The van der Waals surface area contributed by atoms with Crippen molar-refractivity contribution < 1.29 is 0 Å². The van der Waals surface area contributed by atoms with E-state index in [2.05, 4.69) is 57.0 Å². The van der Waals surface area contributed by atoms with Gasteiger partial charge < -0.3 is 4.90 Å². The third-order valence-corrected chi connectivity index (χ3v) is 5.45. The molecule has 0 saturated heterocycles. The minimum atomic E-state index is 0.317. The second-order valence-electron chi connectivity index (χ2n) is 8.21. The summed E-state index contributed by atoms with van der Waals surface area (Å²) in [7, 11) is 0. The summed E-state index contributed by atoms with van der Waals surface area (Å²) in [5.41, 5.74) is 6.61. The highest BCUT2D eigenvalue weighted by molar-refractivity contribution is 5.66. The second-order valence-corrected chi connectivity index (χ2v) is 8.21. The molecule has 0 N–H and O–H groups in total. The van der Waals surface area contributed by atoms with Crippen molar-refractivity contribution in [2.45, 2.75) is 71.6 Å². The van der Waals surface area contributed by atoms with Crippen molar-refractivity contribution in [3.8, 4) is 0 Å². The Morgan fingerprint density at radius 3 is 2.77 bits per heavy atom. The van der Waals surface area contributed by atoms with E-state index < -0.39 is 0 Å². The molecule has 0 saturated carbocycles. The van der Waals surface area contributed by atoms with Crippen molar-refractivity contribution in [3.05, 3.63) is 41.1 Å². The SMILES string of the molecule is CC(C)CCCC1=CN2CCC(C)(C)c3cccc(c32)CC1. The highest BCUT2D eigenvalue weighted by atomic mass is 15.1. The molecule has 2 aliphatic heterocycles. The van der Waals surface area contributed by atoms with Gasteiger partial charge in [-0.1, -0.05) is 57.9 Å². The summed E-state index contributed by atoms with van der Waals surface area (Å²) in [5.74, 6) is 0.825. The smallest absolute Gasteiger partial charge is 0.0476 e. The molecule has 0 fully saturated rings. The van der Waals surface area contributed by atoms with Gasteiger partial charge >= 0.3 is 0 Å². The van der Waals surface area contributed by atoms with Gasteiger partial charge in [-0.2, -0.15) is 0 Å². The predicted molar refractivity (Wildman–Crippen MR) is 96.5 cm³/mol. The summed E-state index contributed by atoms with van der Waals surface area (Å²) in [4.78, 5) is 2.56. The van der Waals surface area contributed by atoms with Crippen molar-refractivity contribution in [3.63, 3.8) is 0 Å². The molecule has 0 atom stereocenters. The fraction of sp³-hybridized carbons (Fsp3) is 0.619. The summed E-state index contributed by atoms with van der Waals surface area (Å²) in [6.07, 6.45) is 10.2. The zero-order chi connectivity index (χ0) is 15.7. The second kappa shape index (κ2) is 6.10. The van der Waals surface area contributed by atoms with Gasteiger partial charge in [-0.3, -0.25) is 0 Å². The van der Waals surface area contributed by atoms with Crippen molar-refractivity contribution in [2.75, 3.05) is 11.4 Å². The van der Waals surface area contributed by atoms with Gasteiger partial charge in [0.25, 0.3) is 0 Å². The maximum atomic E-state index is 2.56. The monoisotopic (exact) mass is 297 g/mol. The van der Waals surface area contributed by atoms with Crippen LogP contribution in [0, 0.1) is 5.92 Å². The quantitative estimate of drug-likeness (QED) is 0.675. The minimum absolute atomic E-state index is 0.317. The molecule has 0 amide bonds. The summed E-state index contributed by atoms with van der Waals surface area (Å²) in [5, 5.41) is 0. The molecule has 0 bridgehead atoms.